The van der Waals surface area contributed by atoms with E-state index in [-0.39, 0.29) is 18.2 Å². The third-order valence-electron chi connectivity index (χ3n) is 1.99. The van der Waals surface area contributed by atoms with Gasteiger partial charge < -0.3 is 15.8 Å². The molecule has 0 bridgehead atoms. The third-order valence-corrected chi connectivity index (χ3v) is 1.99. The van der Waals surface area contributed by atoms with Gasteiger partial charge in [-0.15, -0.1) is 0 Å². The molecule has 0 atom stereocenters. The molecule has 0 saturated carbocycles. The molecule has 0 aliphatic heterocycles. The van der Waals surface area contributed by atoms with Crippen LogP contribution in [0.1, 0.15) is 20.8 Å². The van der Waals surface area contributed by atoms with Crippen molar-refractivity contribution in [2.75, 3.05) is 11.9 Å². The summed E-state index contributed by atoms with van der Waals surface area (Å²) in [7, 11) is 0. The molecule has 1 aromatic rings. The summed E-state index contributed by atoms with van der Waals surface area (Å²) in [4.78, 5) is 15.1. The topological polar surface area (TPSA) is 76.7 Å². The number of carbonyl (C=O) groups excluding carboxylic acids is 1. The predicted octanol–water partition coefficient (Wildman–Crippen LogP) is 2.03. The summed E-state index contributed by atoms with van der Waals surface area (Å²) in [6, 6.07) is 2.87. The number of hydrogen-bond acceptors (Lipinski definition) is 3. The number of carbonyl (C=O) groups is 1. The van der Waals surface area contributed by atoms with Gasteiger partial charge >= 0.3 is 5.97 Å². The number of nitrogens with two attached hydrogens (primary N) is 1. The first-order valence-electron chi connectivity index (χ1n) is 5.91. The number of benzene rings is 1. The van der Waals surface area contributed by atoms with Gasteiger partial charge in [0.05, 0.1) is 5.69 Å². The summed E-state index contributed by atoms with van der Waals surface area (Å²) in [5.74, 6) is -2.07. The Hall–Kier alpha value is -2.18. The fourth-order valence-electron chi connectivity index (χ4n) is 1.29. The molecular formula is C13H17F2N3O2. The Kier molecular flexibility index (Phi) is 5.01. The summed E-state index contributed by atoms with van der Waals surface area (Å²) >= 11 is 0. The molecule has 110 valence electrons. The highest BCUT2D eigenvalue weighted by molar-refractivity contribution is 5.93. The van der Waals surface area contributed by atoms with E-state index in [9.17, 15) is 13.6 Å². The Morgan fingerprint density at radius 2 is 2.05 bits per heavy atom. The second-order valence-electron chi connectivity index (χ2n) is 5.04. The van der Waals surface area contributed by atoms with Crippen LogP contribution in [-0.4, -0.2) is 24.1 Å². The van der Waals surface area contributed by atoms with Crippen molar-refractivity contribution in [1.29, 1.82) is 0 Å². The summed E-state index contributed by atoms with van der Waals surface area (Å²) in [6.07, 6.45) is 0. The van der Waals surface area contributed by atoms with Crippen LogP contribution in [0.3, 0.4) is 0 Å². The van der Waals surface area contributed by atoms with Crippen LogP contribution in [0.2, 0.25) is 0 Å². The number of aliphatic imine (C=N–C) groups is 1. The molecule has 0 fully saturated rings. The van der Waals surface area contributed by atoms with Gasteiger partial charge in [-0.05, 0) is 32.9 Å². The Labute approximate surface area is 115 Å². The van der Waals surface area contributed by atoms with Crippen LogP contribution in [0.25, 0.3) is 0 Å². The van der Waals surface area contributed by atoms with Crippen molar-refractivity contribution in [3.05, 3.63) is 29.8 Å². The molecule has 0 unspecified atom stereocenters. The van der Waals surface area contributed by atoms with E-state index in [0.717, 1.165) is 18.2 Å². The van der Waals surface area contributed by atoms with Crippen LogP contribution in [0.15, 0.2) is 23.2 Å². The van der Waals surface area contributed by atoms with E-state index >= 15 is 0 Å². The SMILES string of the molecule is CC(C)(C)OC(=O)CN=C(N)Nc1cc(F)ccc1F. The van der Waals surface area contributed by atoms with Crippen LogP contribution in [-0.2, 0) is 9.53 Å². The van der Waals surface area contributed by atoms with Crippen molar-refractivity contribution in [3.63, 3.8) is 0 Å². The van der Waals surface area contributed by atoms with Crippen LogP contribution in [0.4, 0.5) is 14.5 Å². The Morgan fingerprint density at radius 1 is 1.40 bits per heavy atom. The Bertz CT molecular complexity index is 525. The largest absolute Gasteiger partial charge is 0.459 e. The molecule has 0 aliphatic rings. The zero-order valence-electron chi connectivity index (χ0n) is 11.5. The minimum atomic E-state index is -0.679. The lowest BCUT2D eigenvalue weighted by molar-refractivity contribution is -0.152. The second-order valence-corrected chi connectivity index (χ2v) is 5.04. The number of esters is 1. The van der Waals surface area contributed by atoms with E-state index in [1.165, 1.54) is 0 Å². The van der Waals surface area contributed by atoms with Gasteiger partial charge in [0.1, 0.15) is 23.8 Å². The van der Waals surface area contributed by atoms with Crippen LogP contribution in [0, 0.1) is 11.6 Å². The van der Waals surface area contributed by atoms with Crippen molar-refractivity contribution in [2.24, 2.45) is 10.7 Å². The van der Waals surface area contributed by atoms with Gasteiger partial charge in [-0.3, -0.25) is 4.79 Å². The molecule has 3 N–H and O–H groups in total. The van der Waals surface area contributed by atoms with Gasteiger partial charge in [0.15, 0.2) is 5.96 Å². The minimum Gasteiger partial charge on any atom is -0.459 e. The van der Waals surface area contributed by atoms with Crippen molar-refractivity contribution >= 4 is 17.6 Å². The average molecular weight is 285 g/mol. The maximum absolute atomic E-state index is 13.3. The number of nitrogens with one attached hydrogen (secondary N) is 1. The van der Waals surface area contributed by atoms with E-state index in [0.29, 0.717) is 0 Å². The molecule has 1 rings (SSSR count). The molecule has 1 aromatic carbocycles. The van der Waals surface area contributed by atoms with E-state index in [1.54, 1.807) is 20.8 Å². The molecule has 20 heavy (non-hydrogen) atoms. The highest BCUT2D eigenvalue weighted by atomic mass is 19.1. The molecule has 0 radical (unpaired) electrons. The number of nitrogens with zero attached hydrogens (tertiary/aromatic N) is 1. The van der Waals surface area contributed by atoms with Gasteiger partial charge in [-0.25, -0.2) is 13.8 Å². The Morgan fingerprint density at radius 3 is 2.65 bits per heavy atom. The molecule has 0 amide bonds. The first kappa shape index (κ1) is 15.9. The van der Waals surface area contributed by atoms with E-state index in [2.05, 4.69) is 10.3 Å². The molecule has 0 aliphatic carbocycles. The minimum absolute atomic E-state index is 0.157. The van der Waals surface area contributed by atoms with Gasteiger partial charge in [-0.2, -0.15) is 0 Å². The smallest absolute Gasteiger partial charge is 0.328 e. The van der Waals surface area contributed by atoms with E-state index in [1.807, 2.05) is 0 Å². The standard InChI is InChI=1S/C13H17F2N3O2/c1-13(2,3)20-11(19)7-17-12(16)18-10-6-8(14)4-5-9(10)15/h4-6H,7H2,1-3H3,(H3,16,17,18). The summed E-state index contributed by atoms with van der Waals surface area (Å²) in [5, 5.41) is 2.37. The molecule has 0 aromatic heterocycles. The zero-order valence-corrected chi connectivity index (χ0v) is 11.5. The molecular weight excluding hydrogens is 268 g/mol. The van der Waals surface area contributed by atoms with Gasteiger partial charge in [0.25, 0.3) is 0 Å². The zero-order chi connectivity index (χ0) is 15.3. The number of halogens is 2. The van der Waals surface area contributed by atoms with Crippen LogP contribution < -0.4 is 11.1 Å². The van der Waals surface area contributed by atoms with Gasteiger partial charge in [0, 0.05) is 6.07 Å². The van der Waals surface area contributed by atoms with E-state index in [4.69, 9.17) is 10.5 Å². The third kappa shape index (κ3) is 5.64. The number of anilines is 1. The lowest BCUT2D eigenvalue weighted by Gasteiger charge is -2.18. The first-order chi connectivity index (χ1) is 9.17. The van der Waals surface area contributed by atoms with Gasteiger partial charge in [0.2, 0.25) is 0 Å². The molecule has 5 nitrogen and oxygen atoms in total. The van der Waals surface area contributed by atoms with Gasteiger partial charge in [-0.1, -0.05) is 0 Å². The summed E-state index contributed by atoms with van der Waals surface area (Å²) < 4.78 is 31.3. The second kappa shape index (κ2) is 6.31. The van der Waals surface area contributed by atoms with Crippen molar-refractivity contribution in [2.45, 2.75) is 26.4 Å². The van der Waals surface area contributed by atoms with Crippen LogP contribution >= 0.6 is 0 Å². The number of rotatable bonds is 3. The summed E-state index contributed by atoms with van der Waals surface area (Å²) in [5.41, 5.74) is 4.70. The van der Waals surface area contributed by atoms with Crippen LogP contribution in [0.5, 0.6) is 0 Å². The average Bonchev–Trinajstić information content (AvgIpc) is 2.29. The molecule has 0 saturated heterocycles. The van der Waals surface area contributed by atoms with Crippen molar-refractivity contribution in [3.8, 4) is 0 Å². The summed E-state index contributed by atoms with van der Waals surface area (Å²) in [6.45, 7) is 4.85. The fourth-order valence-corrected chi connectivity index (χ4v) is 1.29. The Balaban J connectivity index is 2.62. The quantitative estimate of drug-likeness (QED) is 0.506. The molecule has 0 spiro atoms. The number of guanidine groups is 1. The lowest BCUT2D eigenvalue weighted by atomic mass is 10.2. The predicted molar refractivity (Wildman–Crippen MR) is 72.3 cm³/mol. The highest BCUT2D eigenvalue weighted by Gasteiger charge is 2.15. The lowest BCUT2D eigenvalue weighted by Crippen LogP contribution is -2.28. The van der Waals surface area contributed by atoms with Crippen molar-refractivity contribution in [1.82, 2.24) is 0 Å². The number of ether oxygens (including phenoxy) is 1. The van der Waals surface area contributed by atoms with E-state index < -0.39 is 23.2 Å². The first-order valence-corrected chi connectivity index (χ1v) is 5.91. The normalized spacial score (nSPS) is 12.2. The molecule has 0 heterocycles. The highest BCUT2D eigenvalue weighted by Crippen LogP contribution is 2.14. The maximum Gasteiger partial charge on any atom is 0.328 e. The maximum atomic E-state index is 13.3. The monoisotopic (exact) mass is 285 g/mol. The number of hydrogen-bond donors (Lipinski definition) is 2. The fraction of sp³-hybridized carbons (Fsp3) is 0.385. The molecule has 7 heteroatoms. The van der Waals surface area contributed by atoms with Crippen molar-refractivity contribution < 1.29 is 18.3 Å².